The molecule has 17 heavy (non-hydrogen) atoms. The minimum Gasteiger partial charge on any atom is -0.331 e. The van der Waals surface area contributed by atoms with Gasteiger partial charge in [0, 0.05) is 24.7 Å². The maximum absolute atomic E-state index is 13.2. The van der Waals surface area contributed by atoms with Gasteiger partial charge in [-0.1, -0.05) is 12.1 Å². The van der Waals surface area contributed by atoms with Crippen molar-refractivity contribution in [3.8, 4) is 11.4 Å². The highest BCUT2D eigenvalue weighted by molar-refractivity contribution is 5.56. The lowest BCUT2D eigenvalue weighted by molar-refractivity contribution is 0.628. The molecule has 3 nitrogen and oxygen atoms in total. The Kier molecular flexibility index (Phi) is 3.24. The highest BCUT2D eigenvalue weighted by atomic mass is 19.1. The summed E-state index contributed by atoms with van der Waals surface area (Å²) in [5.74, 6) is 0.536. The topological polar surface area (TPSA) is 43.8 Å². The zero-order valence-electron chi connectivity index (χ0n) is 10.1. The normalized spacial score (nSPS) is 10.8. The number of imidazole rings is 1. The molecule has 0 saturated heterocycles. The van der Waals surface area contributed by atoms with Crippen molar-refractivity contribution in [1.29, 1.82) is 0 Å². The average Bonchev–Trinajstić information content (AvgIpc) is 2.58. The second kappa shape index (κ2) is 4.67. The number of hydrogen-bond acceptors (Lipinski definition) is 2. The quantitative estimate of drug-likeness (QED) is 0.881. The van der Waals surface area contributed by atoms with Gasteiger partial charge in [-0.2, -0.15) is 0 Å². The third-order valence-electron chi connectivity index (χ3n) is 2.94. The number of hydrogen-bond donors (Lipinski definition) is 1. The Hall–Kier alpha value is -1.68. The molecule has 0 amide bonds. The molecule has 2 aromatic rings. The molecule has 0 bridgehead atoms. The van der Waals surface area contributed by atoms with Crippen molar-refractivity contribution in [2.24, 2.45) is 12.8 Å². The second-order valence-electron chi connectivity index (χ2n) is 4.08. The lowest BCUT2D eigenvalue weighted by Crippen LogP contribution is -2.04. The summed E-state index contributed by atoms with van der Waals surface area (Å²) in [6, 6.07) is 6.47. The Balaban J connectivity index is 2.49. The molecule has 0 saturated carbocycles. The van der Waals surface area contributed by atoms with E-state index in [4.69, 9.17) is 5.73 Å². The van der Waals surface area contributed by atoms with Crippen LogP contribution in [0.25, 0.3) is 11.4 Å². The monoisotopic (exact) mass is 233 g/mol. The minimum absolute atomic E-state index is 0.247. The Morgan fingerprint density at radius 2 is 2.18 bits per heavy atom. The number of nitrogens with two attached hydrogens (primary N) is 1. The van der Waals surface area contributed by atoms with Crippen LogP contribution in [0.3, 0.4) is 0 Å². The molecule has 0 radical (unpaired) electrons. The van der Waals surface area contributed by atoms with Crippen LogP contribution in [-0.4, -0.2) is 16.1 Å². The highest BCUT2D eigenvalue weighted by Gasteiger charge is 2.12. The molecule has 0 fully saturated rings. The molecule has 1 aromatic carbocycles. The van der Waals surface area contributed by atoms with Crippen molar-refractivity contribution in [3.63, 3.8) is 0 Å². The van der Waals surface area contributed by atoms with Crippen molar-refractivity contribution in [2.45, 2.75) is 13.3 Å². The van der Waals surface area contributed by atoms with Gasteiger partial charge in [-0.3, -0.25) is 0 Å². The Morgan fingerprint density at radius 1 is 1.41 bits per heavy atom. The predicted octanol–water partition coefficient (Wildman–Crippen LogP) is 2.04. The Morgan fingerprint density at radius 3 is 2.82 bits per heavy atom. The zero-order chi connectivity index (χ0) is 12.4. The van der Waals surface area contributed by atoms with E-state index in [9.17, 15) is 4.39 Å². The molecule has 0 spiro atoms. The van der Waals surface area contributed by atoms with Crippen LogP contribution < -0.4 is 5.73 Å². The van der Waals surface area contributed by atoms with Crippen LogP contribution in [0, 0.1) is 12.7 Å². The molecule has 1 aromatic heterocycles. The summed E-state index contributed by atoms with van der Waals surface area (Å²) < 4.78 is 15.2. The molecule has 90 valence electrons. The summed E-state index contributed by atoms with van der Waals surface area (Å²) in [6.07, 6.45) is 0.745. The van der Waals surface area contributed by atoms with Crippen molar-refractivity contribution in [3.05, 3.63) is 41.5 Å². The standard InChI is InChI=1S/C13H16FN3/c1-9-12(6-7-15)16-13(17(9)2)10-4-3-5-11(14)8-10/h3-5,8H,6-7,15H2,1-2H3. The molecule has 4 heteroatoms. The van der Waals surface area contributed by atoms with Gasteiger partial charge in [-0.15, -0.1) is 0 Å². The number of halogens is 1. The highest BCUT2D eigenvalue weighted by Crippen LogP contribution is 2.21. The molecular formula is C13H16FN3. The van der Waals surface area contributed by atoms with Gasteiger partial charge in [0.15, 0.2) is 0 Å². The second-order valence-corrected chi connectivity index (χ2v) is 4.08. The van der Waals surface area contributed by atoms with E-state index in [1.165, 1.54) is 12.1 Å². The average molecular weight is 233 g/mol. The number of nitrogens with zero attached hydrogens (tertiary/aromatic N) is 2. The van der Waals surface area contributed by atoms with E-state index < -0.39 is 0 Å². The van der Waals surface area contributed by atoms with Crippen LogP contribution in [0.5, 0.6) is 0 Å². The Bertz CT molecular complexity index is 531. The van der Waals surface area contributed by atoms with E-state index in [0.29, 0.717) is 6.54 Å². The molecule has 0 aliphatic heterocycles. The van der Waals surface area contributed by atoms with E-state index in [1.807, 2.05) is 24.6 Å². The fourth-order valence-electron chi connectivity index (χ4n) is 1.90. The number of aromatic nitrogens is 2. The largest absolute Gasteiger partial charge is 0.331 e. The minimum atomic E-state index is -0.247. The third-order valence-corrected chi connectivity index (χ3v) is 2.94. The SMILES string of the molecule is Cc1c(CCN)nc(-c2cccc(F)c2)n1C. The first-order chi connectivity index (χ1) is 8.13. The zero-order valence-corrected chi connectivity index (χ0v) is 10.1. The van der Waals surface area contributed by atoms with Gasteiger partial charge < -0.3 is 10.3 Å². The predicted molar refractivity (Wildman–Crippen MR) is 66.1 cm³/mol. The van der Waals surface area contributed by atoms with Crippen LogP contribution in [-0.2, 0) is 13.5 Å². The van der Waals surface area contributed by atoms with E-state index in [2.05, 4.69) is 4.98 Å². The van der Waals surface area contributed by atoms with Crippen molar-refractivity contribution < 1.29 is 4.39 Å². The lowest BCUT2D eigenvalue weighted by Gasteiger charge is -2.03. The lowest BCUT2D eigenvalue weighted by atomic mass is 10.2. The fourth-order valence-corrected chi connectivity index (χ4v) is 1.90. The molecule has 2 rings (SSSR count). The van der Waals surface area contributed by atoms with Gasteiger partial charge >= 0.3 is 0 Å². The Labute approximate surface area is 100 Å². The van der Waals surface area contributed by atoms with Gasteiger partial charge in [0.05, 0.1) is 5.69 Å². The van der Waals surface area contributed by atoms with Crippen LogP contribution >= 0.6 is 0 Å². The molecule has 0 unspecified atom stereocenters. The van der Waals surface area contributed by atoms with Crippen LogP contribution in [0.2, 0.25) is 0 Å². The first-order valence-electron chi connectivity index (χ1n) is 5.61. The van der Waals surface area contributed by atoms with Crippen molar-refractivity contribution >= 4 is 0 Å². The van der Waals surface area contributed by atoms with Crippen molar-refractivity contribution in [2.75, 3.05) is 6.54 Å². The smallest absolute Gasteiger partial charge is 0.140 e. The number of rotatable bonds is 3. The maximum atomic E-state index is 13.2. The van der Waals surface area contributed by atoms with Gasteiger partial charge in [0.2, 0.25) is 0 Å². The molecular weight excluding hydrogens is 217 g/mol. The molecule has 0 atom stereocenters. The molecule has 0 aliphatic rings. The van der Waals surface area contributed by atoms with Gasteiger partial charge in [0.25, 0.3) is 0 Å². The van der Waals surface area contributed by atoms with E-state index in [0.717, 1.165) is 29.2 Å². The number of benzene rings is 1. The van der Waals surface area contributed by atoms with Crippen LogP contribution in [0.4, 0.5) is 4.39 Å². The fraction of sp³-hybridized carbons (Fsp3) is 0.308. The maximum Gasteiger partial charge on any atom is 0.140 e. The third kappa shape index (κ3) is 2.22. The summed E-state index contributed by atoms with van der Waals surface area (Å²) in [6.45, 7) is 2.57. The van der Waals surface area contributed by atoms with Gasteiger partial charge in [-0.05, 0) is 25.6 Å². The summed E-state index contributed by atoms with van der Waals surface area (Å²) in [4.78, 5) is 4.53. The van der Waals surface area contributed by atoms with Crippen LogP contribution in [0.1, 0.15) is 11.4 Å². The van der Waals surface area contributed by atoms with Crippen LogP contribution in [0.15, 0.2) is 24.3 Å². The van der Waals surface area contributed by atoms with Crippen molar-refractivity contribution in [1.82, 2.24) is 9.55 Å². The van der Waals surface area contributed by atoms with E-state index in [-0.39, 0.29) is 5.82 Å². The first kappa shape index (κ1) is 11.8. The summed E-state index contributed by atoms with van der Waals surface area (Å²) in [5, 5.41) is 0. The van der Waals surface area contributed by atoms with E-state index >= 15 is 0 Å². The summed E-state index contributed by atoms with van der Waals surface area (Å²) in [7, 11) is 1.93. The first-order valence-corrected chi connectivity index (χ1v) is 5.61. The molecule has 2 N–H and O–H groups in total. The van der Waals surface area contributed by atoms with E-state index in [1.54, 1.807) is 6.07 Å². The molecule has 0 aliphatic carbocycles. The summed E-state index contributed by atoms with van der Waals surface area (Å²) >= 11 is 0. The van der Waals surface area contributed by atoms with Gasteiger partial charge in [-0.25, -0.2) is 9.37 Å². The molecule has 1 heterocycles. The van der Waals surface area contributed by atoms with Gasteiger partial charge in [0.1, 0.15) is 11.6 Å². The summed E-state index contributed by atoms with van der Waals surface area (Å²) in [5.41, 5.74) is 8.39.